The smallest absolute Gasteiger partial charge is 0.327 e. The Morgan fingerprint density at radius 2 is 1.96 bits per heavy atom. The predicted octanol–water partition coefficient (Wildman–Crippen LogP) is 3.44. The van der Waals surface area contributed by atoms with Crippen LogP contribution in [0.2, 0.25) is 0 Å². The molecule has 146 valence electrons. The zero-order chi connectivity index (χ0) is 20.0. The number of aromatic nitrogens is 2. The second-order valence-electron chi connectivity index (χ2n) is 6.80. The number of aliphatic hydroxyl groups is 1. The van der Waals surface area contributed by atoms with E-state index in [1.54, 1.807) is 19.9 Å². The number of benzene rings is 1. The molecule has 3 N–H and O–H groups in total. The van der Waals surface area contributed by atoms with E-state index in [4.69, 9.17) is 0 Å². The molecule has 8 heteroatoms. The molecule has 0 aliphatic carbocycles. The minimum absolute atomic E-state index is 0.275. The zero-order valence-corrected chi connectivity index (χ0v) is 16.0. The van der Waals surface area contributed by atoms with Gasteiger partial charge in [0, 0.05) is 18.8 Å². The SMILES string of the molecule is CCCNC(=O)N(c1ccc(F)cc1)c1ccnc(NC(C)C(C)(C)O)n1. The molecule has 0 radical (unpaired) electrons. The van der Waals surface area contributed by atoms with Gasteiger partial charge in [-0.15, -0.1) is 0 Å². The highest BCUT2D eigenvalue weighted by Gasteiger charge is 2.24. The molecule has 27 heavy (non-hydrogen) atoms. The van der Waals surface area contributed by atoms with Crippen LogP contribution in [-0.2, 0) is 0 Å². The summed E-state index contributed by atoms with van der Waals surface area (Å²) in [5, 5.41) is 15.9. The highest BCUT2D eigenvalue weighted by molar-refractivity contribution is 5.98. The van der Waals surface area contributed by atoms with Gasteiger partial charge in [0.15, 0.2) is 0 Å². The molecule has 0 spiro atoms. The Morgan fingerprint density at radius 3 is 2.56 bits per heavy atom. The summed E-state index contributed by atoms with van der Waals surface area (Å²) in [6.45, 7) is 7.62. The molecule has 1 atom stereocenters. The predicted molar refractivity (Wildman–Crippen MR) is 104 cm³/mol. The normalized spacial score (nSPS) is 12.4. The Hall–Kier alpha value is -2.74. The van der Waals surface area contributed by atoms with E-state index in [1.807, 2.05) is 13.8 Å². The van der Waals surface area contributed by atoms with E-state index in [0.29, 0.717) is 18.1 Å². The van der Waals surface area contributed by atoms with Crippen LogP contribution >= 0.6 is 0 Å². The van der Waals surface area contributed by atoms with E-state index in [-0.39, 0.29) is 18.0 Å². The van der Waals surface area contributed by atoms with Crippen molar-refractivity contribution in [3.63, 3.8) is 0 Å². The van der Waals surface area contributed by atoms with Crippen molar-refractivity contribution in [2.45, 2.75) is 45.8 Å². The second kappa shape index (κ2) is 8.77. The van der Waals surface area contributed by atoms with E-state index in [1.165, 1.54) is 35.4 Å². The fraction of sp³-hybridized carbons (Fsp3) is 0.421. The average molecular weight is 375 g/mol. The lowest BCUT2D eigenvalue weighted by Crippen LogP contribution is -2.40. The van der Waals surface area contributed by atoms with E-state index in [2.05, 4.69) is 20.6 Å². The lowest BCUT2D eigenvalue weighted by atomic mass is 10.0. The maximum atomic E-state index is 13.3. The molecule has 1 heterocycles. The van der Waals surface area contributed by atoms with Crippen molar-refractivity contribution in [1.29, 1.82) is 0 Å². The van der Waals surface area contributed by atoms with E-state index in [9.17, 15) is 14.3 Å². The van der Waals surface area contributed by atoms with Crippen LogP contribution < -0.4 is 15.5 Å². The molecule has 1 aromatic carbocycles. The first kappa shape index (κ1) is 20.6. The van der Waals surface area contributed by atoms with Crippen molar-refractivity contribution in [2.24, 2.45) is 0 Å². The maximum absolute atomic E-state index is 13.3. The van der Waals surface area contributed by atoms with Gasteiger partial charge < -0.3 is 15.7 Å². The van der Waals surface area contributed by atoms with Crippen LogP contribution in [0.3, 0.4) is 0 Å². The Kier molecular flexibility index (Phi) is 6.68. The zero-order valence-electron chi connectivity index (χ0n) is 16.0. The molecule has 0 saturated carbocycles. The van der Waals surface area contributed by atoms with Gasteiger partial charge in [-0.1, -0.05) is 6.92 Å². The summed E-state index contributed by atoms with van der Waals surface area (Å²) >= 11 is 0. The number of amides is 2. The van der Waals surface area contributed by atoms with Gasteiger partial charge in [-0.3, -0.25) is 0 Å². The molecule has 2 amide bonds. The minimum atomic E-state index is -0.978. The third-order valence-electron chi connectivity index (χ3n) is 4.09. The molecule has 0 aliphatic heterocycles. The average Bonchev–Trinajstić information content (AvgIpc) is 2.61. The van der Waals surface area contributed by atoms with Gasteiger partial charge in [-0.2, -0.15) is 4.98 Å². The number of carbonyl (C=O) groups excluding carboxylic acids is 1. The Balaban J connectivity index is 2.36. The van der Waals surface area contributed by atoms with Crippen molar-refractivity contribution in [1.82, 2.24) is 15.3 Å². The minimum Gasteiger partial charge on any atom is -0.388 e. The van der Waals surface area contributed by atoms with Crippen LogP contribution in [0.4, 0.5) is 26.6 Å². The molecule has 0 aliphatic rings. The summed E-state index contributed by atoms with van der Waals surface area (Å²) < 4.78 is 13.3. The number of nitrogens with one attached hydrogen (secondary N) is 2. The lowest BCUT2D eigenvalue weighted by Gasteiger charge is -2.27. The van der Waals surface area contributed by atoms with Gasteiger partial charge >= 0.3 is 6.03 Å². The molecular formula is C19H26FN5O2. The van der Waals surface area contributed by atoms with Crippen molar-refractivity contribution < 1.29 is 14.3 Å². The summed E-state index contributed by atoms with van der Waals surface area (Å²) in [4.78, 5) is 22.6. The van der Waals surface area contributed by atoms with Crippen LogP contribution in [0.15, 0.2) is 36.5 Å². The fourth-order valence-corrected chi connectivity index (χ4v) is 2.17. The number of rotatable bonds is 7. The number of halogens is 1. The molecule has 0 saturated heterocycles. The first-order valence-electron chi connectivity index (χ1n) is 8.88. The van der Waals surface area contributed by atoms with E-state index >= 15 is 0 Å². The van der Waals surface area contributed by atoms with E-state index < -0.39 is 11.4 Å². The molecule has 0 fully saturated rings. The number of hydrogen-bond donors (Lipinski definition) is 3. The third-order valence-corrected chi connectivity index (χ3v) is 4.09. The van der Waals surface area contributed by atoms with Gasteiger partial charge in [0.2, 0.25) is 5.95 Å². The lowest BCUT2D eigenvalue weighted by molar-refractivity contribution is 0.0646. The number of nitrogens with zero attached hydrogens (tertiary/aromatic N) is 3. The second-order valence-corrected chi connectivity index (χ2v) is 6.80. The third kappa shape index (κ3) is 5.62. The first-order chi connectivity index (χ1) is 12.7. The topological polar surface area (TPSA) is 90.4 Å². The van der Waals surface area contributed by atoms with Gasteiger partial charge in [-0.05, 0) is 51.5 Å². The standard InChI is InChI=1S/C19H26FN5O2/c1-5-11-22-18(26)25(15-8-6-14(20)7-9-15)16-10-12-21-17(24-16)23-13(2)19(3,4)27/h6-10,12-13,27H,5,11H2,1-4H3,(H,22,26)(H,21,23,24). The summed E-state index contributed by atoms with van der Waals surface area (Å²) in [6, 6.07) is 6.49. The molecule has 1 aromatic heterocycles. The monoisotopic (exact) mass is 375 g/mol. The highest BCUT2D eigenvalue weighted by atomic mass is 19.1. The number of carbonyl (C=O) groups is 1. The molecular weight excluding hydrogens is 349 g/mol. The van der Waals surface area contributed by atoms with Crippen molar-refractivity contribution in [2.75, 3.05) is 16.8 Å². The van der Waals surface area contributed by atoms with Crippen LogP contribution in [0, 0.1) is 5.82 Å². The molecule has 2 rings (SSSR count). The van der Waals surface area contributed by atoms with Crippen molar-refractivity contribution >= 4 is 23.5 Å². The van der Waals surface area contributed by atoms with Crippen molar-refractivity contribution in [3.8, 4) is 0 Å². The molecule has 2 aromatic rings. The molecule has 7 nitrogen and oxygen atoms in total. The summed E-state index contributed by atoms with van der Waals surface area (Å²) in [6.07, 6.45) is 2.30. The molecule has 0 bridgehead atoms. The Labute approximate surface area is 158 Å². The van der Waals surface area contributed by atoms with Gasteiger partial charge in [0.05, 0.1) is 17.3 Å². The van der Waals surface area contributed by atoms with Crippen LogP contribution in [0.5, 0.6) is 0 Å². The van der Waals surface area contributed by atoms with Crippen LogP contribution in [-0.4, -0.2) is 39.3 Å². The fourth-order valence-electron chi connectivity index (χ4n) is 2.17. The highest BCUT2D eigenvalue weighted by Crippen LogP contribution is 2.25. The largest absolute Gasteiger partial charge is 0.388 e. The van der Waals surface area contributed by atoms with Crippen molar-refractivity contribution in [3.05, 3.63) is 42.3 Å². The Morgan fingerprint density at radius 1 is 1.30 bits per heavy atom. The van der Waals surface area contributed by atoms with E-state index in [0.717, 1.165) is 6.42 Å². The first-order valence-corrected chi connectivity index (χ1v) is 8.88. The number of urea groups is 1. The quantitative estimate of drug-likeness (QED) is 0.690. The summed E-state index contributed by atoms with van der Waals surface area (Å²) in [5.74, 6) is 0.213. The summed E-state index contributed by atoms with van der Waals surface area (Å²) in [7, 11) is 0. The van der Waals surface area contributed by atoms with Crippen LogP contribution in [0.25, 0.3) is 0 Å². The summed E-state index contributed by atoms with van der Waals surface area (Å²) in [5.41, 5.74) is -0.501. The number of anilines is 3. The molecule has 1 unspecified atom stereocenters. The Bertz CT molecular complexity index is 761. The van der Waals surface area contributed by atoms with Crippen LogP contribution in [0.1, 0.15) is 34.1 Å². The van der Waals surface area contributed by atoms with Gasteiger partial charge in [0.25, 0.3) is 0 Å². The maximum Gasteiger partial charge on any atom is 0.327 e. The van der Waals surface area contributed by atoms with Gasteiger partial charge in [0.1, 0.15) is 11.6 Å². The van der Waals surface area contributed by atoms with Gasteiger partial charge in [-0.25, -0.2) is 19.1 Å². The number of hydrogen-bond acceptors (Lipinski definition) is 5.